The lowest BCUT2D eigenvalue weighted by atomic mass is 10.0. The van der Waals surface area contributed by atoms with Crippen molar-refractivity contribution in [3.63, 3.8) is 0 Å². The van der Waals surface area contributed by atoms with Crippen LogP contribution in [0.1, 0.15) is 35.7 Å². The van der Waals surface area contributed by atoms with Gasteiger partial charge in [0, 0.05) is 13.2 Å². The van der Waals surface area contributed by atoms with Gasteiger partial charge in [0.05, 0.1) is 18.3 Å². The molecule has 3 heterocycles. The second-order valence-electron chi connectivity index (χ2n) is 4.55. The number of primary amides is 1. The molecule has 1 fully saturated rings. The van der Waals surface area contributed by atoms with Gasteiger partial charge in [-0.3, -0.25) is 4.79 Å². The van der Waals surface area contributed by atoms with Crippen LogP contribution in [0.4, 0.5) is 5.82 Å². The molecule has 2 aliphatic heterocycles. The fraction of sp³-hybridized carbons (Fsp3) is 0.636. The monoisotopic (exact) mass is 236 g/mol. The Labute approximate surface area is 99.1 Å². The number of nitrogens with two attached hydrogens (primary N) is 1. The number of carbonyl (C=O) groups excluding carboxylic acids is 1. The smallest absolute Gasteiger partial charge is 0.254 e. The number of nitrogens with one attached hydrogen (secondary N) is 1. The average molecular weight is 236 g/mol. The number of ether oxygens (including phenoxy) is 1. The Morgan fingerprint density at radius 1 is 1.59 bits per heavy atom. The van der Waals surface area contributed by atoms with Gasteiger partial charge >= 0.3 is 0 Å². The van der Waals surface area contributed by atoms with Crippen molar-refractivity contribution in [3.8, 4) is 0 Å². The SMILES string of the molecule is NC(=O)c1cnn2c1NCCC2C1CCCO1. The Kier molecular flexibility index (Phi) is 2.51. The zero-order valence-electron chi connectivity index (χ0n) is 9.56. The predicted molar refractivity (Wildman–Crippen MR) is 61.9 cm³/mol. The first-order chi connectivity index (χ1) is 8.27. The van der Waals surface area contributed by atoms with Gasteiger partial charge in [0.2, 0.25) is 0 Å². The van der Waals surface area contributed by atoms with E-state index in [1.807, 2.05) is 4.68 Å². The van der Waals surface area contributed by atoms with Gasteiger partial charge in [0.15, 0.2) is 0 Å². The number of nitrogens with zero attached hydrogens (tertiary/aromatic N) is 2. The highest BCUT2D eigenvalue weighted by Gasteiger charge is 2.33. The third-order valence-electron chi connectivity index (χ3n) is 3.50. The van der Waals surface area contributed by atoms with E-state index in [4.69, 9.17) is 10.5 Å². The summed E-state index contributed by atoms with van der Waals surface area (Å²) in [5.41, 5.74) is 5.78. The van der Waals surface area contributed by atoms with Gasteiger partial charge in [-0.2, -0.15) is 5.10 Å². The molecule has 1 aromatic heterocycles. The summed E-state index contributed by atoms with van der Waals surface area (Å²) in [4.78, 5) is 11.3. The maximum Gasteiger partial charge on any atom is 0.254 e. The molecule has 0 saturated carbocycles. The van der Waals surface area contributed by atoms with Crippen molar-refractivity contribution < 1.29 is 9.53 Å². The van der Waals surface area contributed by atoms with E-state index in [9.17, 15) is 4.79 Å². The van der Waals surface area contributed by atoms with Crippen molar-refractivity contribution in [3.05, 3.63) is 11.8 Å². The van der Waals surface area contributed by atoms with Crippen LogP contribution in [0, 0.1) is 0 Å². The number of hydrogen-bond acceptors (Lipinski definition) is 4. The van der Waals surface area contributed by atoms with Crippen molar-refractivity contribution in [2.45, 2.75) is 31.4 Å². The molecule has 2 atom stereocenters. The number of anilines is 1. The number of hydrogen-bond donors (Lipinski definition) is 2. The standard InChI is InChI=1S/C11H16N4O2/c12-10(16)7-6-14-15-8(3-4-13-11(7)15)9-2-1-5-17-9/h6,8-9,13H,1-5H2,(H2,12,16). The third-order valence-corrected chi connectivity index (χ3v) is 3.50. The van der Waals surface area contributed by atoms with E-state index in [1.54, 1.807) is 0 Å². The molecule has 3 rings (SSSR count). The summed E-state index contributed by atoms with van der Waals surface area (Å²) in [7, 11) is 0. The molecule has 1 amide bonds. The minimum Gasteiger partial charge on any atom is -0.376 e. The number of fused-ring (bicyclic) bond motifs is 1. The van der Waals surface area contributed by atoms with E-state index in [0.29, 0.717) is 5.56 Å². The summed E-state index contributed by atoms with van der Waals surface area (Å²) in [6, 6.07) is 0.224. The molecule has 0 aromatic carbocycles. The van der Waals surface area contributed by atoms with Gasteiger partial charge in [-0.25, -0.2) is 4.68 Å². The van der Waals surface area contributed by atoms with Gasteiger partial charge in [-0.15, -0.1) is 0 Å². The van der Waals surface area contributed by atoms with E-state index in [2.05, 4.69) is 10.4 Å². The highest BCUT2D eigenvalue weighted by atomic mass is 16.5. The zero-order valence-corrected chi connectivity index (χ0v) is 9.56. The Balaban J connectivity index is 1.94. The molecular weight excluding hydrogens is 220 g/mol. The first kappa shape index (κ1) is 10.6. The lowest BCUT2D eigenvalue weighted by Gasteiger charge is -2.29. The van der Waals surface area contributed by atoms with Gasteiger partial charge in [-0.1, -0.05) is 0 Å². The molecule has 0 spiro atoms. The minimum absolute atomic E-state index is 0.219. The van der Waals surface area contributed by atoms with Crippen molar-refractivity contribution in [1.29, 1.82) is 0 Å². The van der Waals surface area contributed by atoms with E-state index in [0.717, 1.165) is 38.2 Å². The third kappa shape index (κ3) is 1.68. The maximum absolute atomic E-state index is 11.3. The van der Waals surface area contributed by atoms with Crippen LogP contribution in [0.15, 0.2) is 6.20 Å². The van der Waals surface area contributed by atoms with Crippen molar-refractivity contribution in [1.82, 2.24) is 9.78 Å². The molecule has 6 nitrogen and oxygen atoms in total. The lowest BCUT2D eigenvalue weighted by Crippen LogP contribution is -2.32. The first-order valence-electron chi connectivity index (χ1n) is 6.00. The quantitative estimate of drug-likeness (QED) is 0.784. The second-order valence-corrected chi connectivity index (χ2v) is 4.55. The highest BCUT2D eigenvalue weighted by Crippen LogP contribution is 2.33. The molecule has 1 saturated heterocycles. The molecule has 3 N–H and O–H groups in total. The normalized spacial score (nSPS) is 27.5. The summed E-state index contributed by atoms with van der Waals surface area (Å²) in [6.45, 7) is 1.66. The van der Waals surface area contributed by atoms with Crippen LogP contribution in [0.3, 0.4) is 0 Å². The van der Waals surface area contributed by atoms with Crippen LogP contribution in [-0.4, -0.2) is 34.9 Å². The summed E-state index contributed by atoms with van der Waals surface area (Å²) >= 11 is 0. The molecule has 0 radical (unpaired) electrons. The van der Waals surface area contributed by atoms with E-state index < -0.39 is 5.91 Å². The van der Waals surface area contributed by atoms with E-state index in [1.165, 1.54) is 6.20 Å². The van der Waals surface area contributed by atoms with Gasteiger partial charge < -0.3 is 15.8 Å². The summed E-state index contributed by atoms with van der Waals surface area (Å²) in [5.74, 6) is 0.302. The van der Waals surface area contributed by atoms with E-state index in [-0.39, 0.29) is 12.1 Å². The van der Waals surface area contributed by atoms with Gasteiger partial charge in [0.25, 0.3) is 5.91 Å². The Hall–Kier alpha value is -1.56. The maximum atomic E-state index is 11.3. The molecule has 1 aromatic rings. The fourth-order valence-corrected chi connectivity index (χ4v) is 2.68. The summed E-state index contributed by atoms with van der Waals surface area (Å²) < 4.78 is 7.57. The topological polar surface area (TPSA) is 82.2 Å². The largest absolute Gasteiger partial charge is 0.376 e. The lowest BCUT2D eigenvalue weighted by molar-refractivity contribution is 0.0591. The van der Waals surface area contributed by atoms with Crippen LogP contribution in [0.25, 0.3) is 0 Å². The highest BCUT2D eigenvalue weighted by molar-refractivity contribution is 5.97. The van der Waals surface area contributed by atoms with Crippen molar-refractivity contribution in [2.75, 3.05) is 18.5 Å². The summed E-state index contributed by atoms with van der Waals surface area (Å²) in [6.07, 6.45) is 4.90. The van der Waals surface area contributed by atoms with Crippen LogP contribution < -0.4 is 11.1 Å². The van der Waals surface area contributed by atoms with E-state index >= 15 is 0 Å². The fourth-order valence-electron chi connectivity index (χ4n) is 2.68. The number of aromatic nitrogens is 2. The Bertz CT molecular complexity index is 437. The molecule has 2 unspecified atom stereocenters. The van der Waals surface area contributed by atoms with Crippen LogP contribution >= 0.6 is 0 Å². The van der Waals surface area contributed by atoms with Crippen LogP contribution in [-0.2, 0) is 4.74 Å². The molecule has 2 aliphatic rings. The number of rotatable bonds is 2. The van der Waals surface area contributed by atoms with Crippen molar-refractivity contribution in [2.24, 2.45) is 5.73 Å². The first-order valence-corrected chi connectivity index (χ1v) is 6.00. The predicted octanol–water partition coefficient (Wildman–Crippen LogP) is 0.518. The van der Waals surface area contributed by atoms with Crippen LogP contribution in [0.5, 0.6) is 0 Å². The Morgan fingerprint density at radius 3 is 3.18 bits per heavy atom. The molecule has 92 valence electrons. The molecule has 17 heavy (non-hydrogen) atoms. The average Bonchev–Trinajstić information content (AvgIpc) is 2.97. The minimum atomic E-state index is -0.438. The molecular formula is C11H16N4O2. The second kappa shape index (κ2) is 4.03. The van der Waals surface area contributed by atoms with Gasteiger partial charge in [-0.05, 0) is 19.3 Å². The van der Waals surface area contributed by atoms with Crippen molar-refractivity contribution >= 4 is 11.7 Å². The van der Waals surface area contributed by atoms with Gasteiger partial charge in [0.1, 0.15) is 11.4 Å². The number of amides is 1. The molecule has 0 bridgehead atoms. The summed E-state index contributed by atoms with van der Waals surface area (Å²) in [5, 5.41) is 7.47. The molecule has 6 heteroatoms. The molecule has 0 aliphatic carbocycles. The Morgan fingerprint density at radius 2 is 2.47 bits per heavy atom. The number of carbonyl (C=O) groups is 1. The van der Waals surface area contributed by atoms with Crippen LogP contribution in [0.2, 0.25) is 0 Å². The zero-order chi connectivity index (χ0) is 11.8.